The molecule has 28 heavy (non-hydrogen) atoms. The molecule has 0 bridgehead atoms. The predicted molar refractivity (Wildman–Crippen MR) is 106 cm³/mol. The van der Waals surface area contributed by atoms with E-state index in [0.717, 1.165) is 28.2 Å². The second-order valence-electron chi connectivity index (χ2n) is 6.89. The normalized spacial score (nSPS) is 16.0. The number of aryl methyl sites for hydroxylation is 1. The highest BCUT2D eigenvalue weighted by atomic mass is 16.5. The Balaban J connectivity index is 1.84. The molecule has 0 aromatic heterocycles. The average molecular weight is 380 g/mol. The molecule has 146 valence electrons. The van der Waals surface area contributed by atoms with Gasteiger partial charge in [0.25, 0.3) is 0 Å². The summed E-state index contributed by atoms with van der Waals surface area (Å²) in [6, 6.07) is 15.5. The largest absolute Gasteiger partial charge is 0.497 e. The van der Waals surface area contributed by atoms with Gasteiger partial charge in [0.2, 0.25) is 5.91 Å². The van der Waals surface area contributed by atoms with Gasteiger partial charge >= 0.3 is 5.97 Å². The Labute approximate surface area is 164 Å². The number of carboxylic acids is 1. The Bertz CT molecular complexity index is 872. The first kappa shape index (κ1) is 19.6. The maximum atomic E-state index is 12.8. The third kappa shape index (κ3) is 4.57. The minimum Gasteiger partial charge on any atom is -0.497 e. The maximum Gasteiger partial charge on any atom is 0.303 e. The van der Waals surface area contributed by atoms with Crippen molar-refractivity contribution in [3.05, 3.63) is 65.2 Å². The molecule has 1 amide bonds. The number of methoxy groups -OCH3 is 1. The first-order valence-corrected chi connectivity index (χ1v) is 9.30. The molecule has 3 rings (SSSR count). The van der Waals surface area contributed by atoms with Crippen molar-refractivity contribution in [2.24, 2.45) is 5.10 Å². The quantitative estimate of drug-likeness (QED) is 0.789. The van der Waals surface area contributed by atoms with Crippen molar-refractivity contribution in [2.75, 3.05) is 7.11 Å². The van der Waals surface area contributed by atoms with Gasteiger partial charge in [0.1, 0.15) is 5.75 Å². The standard InChI is InChI=1S/C22H24N2O4/c1-15-6-8-16(9-7-15)19-14-20(17-10-12-18(28-2)13-11-17)24(23-19)21(25)4-3-5-22(26)27/h6-13,20H,3-5,14H2,1-2H3,(H,26,27)/t20-/m0/s1. The lowest BCUT2D eigenvalue weighted by atomic mass is 9.97. The van der Waals surface area contributed by atoms with Gasteiger partial charge in [-0.25, -0.2) is 5.01 Å². The van der Waals surface area contributed by atoms with Crippen LogP contribution < -0.4 is 4.74 Å². The Kier molecular flexibility index (Phi) is 6.09. The smallest absolute Gasteiger partial charge is 0.303 e. The fourth-order valence-corrected chi connectivity index (χ4v) is 3.25. The lowest BCUT2D eigenvalue weighted by molar-refractivity contribution is -0.137. The molecular weight excluding hydrogens is 356 g/mol. The second kappa shape index (κ2) is 8.69. The third-order valence-electron chi connectivity index (χ3n) is 4.83. The van der Waals surface area contributed by atoms with E-state index in [1.807, 2.05) is 55.5 Å². The first-order chi connectivity index (χ1) is 13.5. The van der Waals surface area contributed by atoms with Crippen LogP contribution in [0.15, 0.2) is 53.6 Å². The summed E-state index contributed by atoms with van der Waals surface area (Å²) in [6.07, 6.45) is 1.04. The van der Waals surface area contributed by atoms with E-state index in [4.69, 9.17) is 9.84 Å². The molecule has 1 aliphatic rings. The van der Waals surface area contributed by atoms with Crippen molar-refractivity contribution in [3.8, 4) is 5.75 Å². The molecule has 2 aromatic rings. The Morgan fingerprint density at radius 1 is 1.11 bits per heavy atom. The number of benzene rings is 2. The maximum absolute atomic E-state index is 12.8. The summed E-state index contributed by atoms with van der Waals surface area (Å²) in [4.78, 5) is 23.5. The highest BCUT2D eigenvalue weighted by Gasteiger charge is 2.32. The van der Waals surface area contributed by atoms with Crippen LogP contribution in [-0.2, 0) is 9.59 Å². The van der Waals surface area contributed by atoms with Crippen LogP contribution in [0, 0.1) is 6.92 Å². The van der Waals surface area contributed by atoms with Crippen LogP contribution in [0.25, 0.3) is 0 Å². The van der Waals surface area contributed by atoms with Crippen LogP contribution >= 0.6 is 0 Å². The Morgan fingerprint density at radius 3 is 2.39 bits per heavy atom. The molecule has 2 aromatic carbocycles. The molecule has 0 spiro atoms. The summed E-state index contributed by atoms with van der Waals surface area (Å²) in [6.45, 7) is 2.03. The molecule has 1 atom stereocenters. The van der Waals surface area contributed by atoms with E-state index in [0.29, 0.717) is 12.8 Å². The van der Waals surface area contributed by atoms with Crippen molar-refractivity contribution in [1.29, 1.82) is 0 Å². The van der Waals surface area contributed by atoms with Crippen molar-refractivity contribution < 1.29 is 19.4 Å². The zero-order valence-electron chi connectivity index (χ0n) is 16.1. The number of carbonyl (C=O) groups is 2. The van der Waals surface area contributed by atoms with E-state index in [-0.39, 0.29) is 24.8 Å². The molecule has 1 aliphatic heterocycles. The zero-order valence-corrected chi connectivity index (χ0v) is 16.1. The van der Waals surface area contributed by atoms with E-state index >= 15 is 0 Å². The van der Waals surface area contributed by atoms with Crippen LogP contribution in [-0.4, -0.2) is 34.8 Å². The molecule has 1 heterocycles. The third-order valence-corrected chi connectivity index (χ3v) is 4.83. The van der Waals surface area contributed by atoms with Crippen molar-refractivity contribution in [3.63, 3.8) is 0 Å². The lowest BCUT2D eigenvalue weighted by Crippen LogP contribution is -2.27. The number of hydrogen-bond donors (Lipinski definition) is 1. The molecule has 6 heteroatoms. The summed E-state index contributed by atoms with van der Waals surface area (Å²) >= 11 is 0. The number of rotatable bonds is 7. The average Bonchev–Trinajstić information content (AvgIpc) is 3.14. The van der Waals surface area contributed by atoms with Crippen molar-refractivity contribution in [2.45, 2.75) is 38.6 Å². The number of nitrogens with zero attached hydrogens (tertiary/aromatic N) is 2. The van der Waals surface area contributed by atoms with Gasteiger partial charge in [-0.15, -0.1) is 0 Å². The van der Waals surface area contributed by atoms with Crippen molar-refractivity contribution in [1.82, 2.24) is 5.01 Å². The lowest BCUT2D eigenvalue weighted by Gasteiger charge is -2.22. The number of carboxylic acid groups (broad SMARTS) is 1. The van der Waals surface area contributed by atoms with Gasteiger partial charge in [0.15, 0.2) is 0 Å². The Morgan fingerprint density at radius 2 is 1.79 bits per heavy atom. The minimum atomic E-state index is -0.898. The fraction of sp³-hybridized carbons (Fsp3) is 0.318. The first-order valence-electron chi connectivity index (χ1n) is 9.30. The molecule has 0 unspecified atom stereocenters. The number of hydrogen-bond acceptors (Lipinski definition) is 4. The van der Waals surface area contributed by atoms with Gasteiger partial charge in [-0.1, -0.05) is 42.0 Å². The summed E-state index contributed by atoms with van der Waals surface area (Å²) in [5.41, 5.74) is 3.98. The topological polar surface area (TPSA) is 79.2 Å². The molecule has 0 fully saturated rings. The molecular formula is C22H24N2O4. The monoisotopic (exact) mass is 380 g/mol. The van der Waals surface area contributed by atoms with Gasteiger partial charge in [-0.05, 0) is 36.6 Å². The summed E-state index contributed by atoms with van der Waals surface area (Å²) in [7, 11) is 1.61. The van der Waals surface area contributed by atoms with Crippen LogP contribution in [0.4, 0.5) is 0 Å². The van der Waals surface area contributed by atoms with Gasteiger partial charge in [-0.3, -0.25) is 9.59 Å². The van der Waals surface area contributed by atoms with E-state index in [1.165, 1.54) is 5.01 Å². The molecule has 0 saturated heterocycles. The van der Waals surface area contributed by atoms with E-state index in [9.17, 15) is 9.59 Å². The highest BCUT2D eigenvalue weighted by molar-refractivity contribution is 6.03. The molecule has 0 radical (unpaired) electrons. The zero-order chi connectivity index (χ0) is 20.1. The van der Waals surface area contributed by atoms with Crippen LogP contribution in [0.2, 0.25) is 0 Å². The van der Waals surface area contributed by atoms with Gasteiger partial charge in [0.05, 0.1) is 18.9 Å². The number of amides is 1. The van der Waals surface area contributed by atoms with Gasteiger partial charge in [0, 0.05) is 19.3 Å². The van der Waals surface area contributed by atoms with Gasteiger partial charge in [-0.2, -0.15) is 5.10 Å². The second-order valence-corrected chi connectivity index (χ2v) is 6.89. The van der Waals surface area contributed by atoms with E-state index in [2.05, 4.69) is 5.10 Å². The highest BCUT2D eigenvalue weighted by Crippen LogP contribution is 2.34. The summed E-state index contributed by atoms with van der Waals surface area (Å²) in [5.74, 6) is -0.310. The van der Waals surface area contributed by atoms with Crippen LogP contribution in [0.5, 0.6) is 5.75 Å². The summed E-state index contributed by atoms with van der Waals surface area (Å²) < 4.78 is 5.22. The van der Waals surface area contributed by atoms with E-state index < -0.39 is 5.97 Å². The van der Waals surface area contributed by atoms with Crippen LogP contribution in [0.1, 0.15) is 48.4 Å². The molecule has 0 aliphatic carbocycles. The fourth-order valence-electron chi connectivity index (χ4n) is 3.25. The molecule has 0 saturated carbocycles. The van der Waals surface area contributed by atoms with Crippen LogP contribution in [0.3, 0.4) is 0 Å². The summed E-state index contributed by atoms with van der Waals surface area (Å²) in [5, 5.41) is 14.9. The van der Waals surface area contributed by atoms with E-state index in [1.54, 1.807) is 7.11 Å². The predicted octanol–water partition coefficient (Wildman–Crippen LogP) is 3.94. The molecule has 6 nitrogen and oxygen atoms in total. The Hall–Kier alpha value is -3.15. The van der Waals surface area contributed by atoms with Crippen molar-refractivity contribution >= 4 is 17.6 Å². The number of carbonyl (C=O) groups excluding carboxylic acids is 1. The number of aliphatic carboxylic acids is 1. The minimum absolute atomic E-state index is 0.0265. The van der Waals surface area contributed by atoms with Gasteiger partial charge < -0.3 is 9.84 Å². The molecule has 1 N–H and O–H groups in total. The SMILES string of the molecule is COc1ccc([C@@H]2CC(c3ccc(C)cc3)=NN2C(=O)CCCC(=O)O)cc1. The number of hydrazone groups is 1. The number of ether oxygens (including phenoxy) is 1.